The number of hydrogen-bond donors (Lipinski definition) is 4. The van der Waals surface area contributed by atoms with Crippen molar-refractivity contribution in [3.05, 3.63) is 138 Å². The van der Waals surface area contributed by atoms with Crippen molar-refractivity contribution in [2.24, 2.45) is 16.7 Å². The summed E-state index contributed by atoms with van der Waals surface area (Å²) >= 11 is 0. The molecule has 0 radical (unpaired) electrons. The van der Waals surface area contributed by atoms with E-state index in [2.05, 4.69) is 11.9 Å². The molecule has 0 aromatic heterocycles. The average Bonchev–Trinajstić information content (AvgIpc) is 3.31. The number of allylic oxidation sites excluding steroid dienone is 1. The number of ketones is 1. The number of carbonyl (C=O) groups excluding carboxylic acids is 6. The van der Waals surface area contributed by atoms with Crippen LogP contribution in [0, 0.1) is 16.7 Å². The highest BCUT2D eigenvalue weighted by Gasteiger charge is 2.78. The third-order valence-corrected chi connectivity index (χ3v) is 14.0. The summed E-state index contributed by atoms with van der Waals surface area (Å²) < 4.78 is 36.3. The molecule has 1 aliphatic heterocycles. The molecule has 1 heterocycles. The Morgan fingerprint density at radius 3 is 2.13 bits per heavy atom. The van der Waals surface area contributed by atoms with Gasteiger partial charge in [0.25, 0.3) is 5.91 Å². The molecule has 2 saturated carbocycles. The minimum Gasteiger partial charge on any atom is -0.465 e. The van der Waals surface area contributed by atoms with Crippen molar-refractivity contribution in [2.75, 3.05) is 6.61 Å². The van der Waals surface area contributed by atoms with Gasteiger partial charge in [0.2, 0.25) is 0 Å². The third kappa shape index (κ3) is 8.36. The molecular weight excluding hydrogens is 867 g/mol. The summed E-state index contributed by atoms with van der Waals surface area (Å²) in [4.78, 5) is 84.7. The number of carbonyl (C=O) groups is 6. The second-order valence-electron chi connectivity index (χ2n) is 18.1. The van der Waals surface area contributed by atoms with E-state index >= 15 is 4.79 Å². The van der Waals surface area contributed by atoms with Crippen molar-refractivity contribution < 1.29 is 72.5 Å². The molecule has 1 saturated heterocycles. The fourth-order valence-corrected chi connectivity index (χ4v) is 10.5. The summed E-state index contributed by atoms with van der Waals surface area (Å²) in [7, 11) is 0. The first kappa shape index (κ1) is 48.5. The number of esters is 4. The van der Waals surface area contributed by atoms with Crippen LogP contribution in [-0.2, 0) is 42.9 Å². The van der Waals surface area contributed by atoms with Crippen LogP contribution >= 0.6 is 0 Å². The molecule has 3 aliphatic carbocycles. The zero-order valence-electron chi connectivity index (χ0n) is 38.0. The summed E-state index contributed by atoms with van der Waals surface area (Å²) in [6.07, 6.45) is -7.11. The zero-order chi connectivity index (χ0) is 48.6. The SMILES string of the molecule is C=CC(=O)O[C@@]12CO[C@@H]1C[C@H](O)[C@@]1(C)C(=O)[C@H](OC(C)=O)C3=C(C)[C@@H](OC(=O)[C@H](O)[C@@H](NC(=O)c4ccccc4)c4ccccc4O/C=C\C)C[C@@](O)([C@@H](OC(=O)c4ccccc4)C12)C3(C)C. The van der Waals surface area contributed by atoms with Crippen LogP contribution in [0.25, 0.3) is 0 Å². The number of aliphatic hydroxyl groups excluding tert-OH is 2. The summed E-state index contributed by atoms with van der Waals surface area (Å²) in [5.74, 6) is -7.09. The molecule has 1 unspecified atom stereocenters. The first-order valence-electron chi connectivity index (χ1n) is 21.9. The minimum atomic E-state index is -2.45. The maximum absolute atomic E-state index is 15.6. The van der Waals surface area contributed by atoms with Crippen LogP contribution < -0.4 is 10.1 Å². The molecule has 2 bridgehead atoms. The van der Waals surface area contributed by atoms with E-state index < -0.39 is 113 Å². The molecule has 3 fully saturated rings. The number of hydrogen-bond acceptors (Lipinski definition) is 15. The van der Waals surface area contributed by atoms with Crippen LogP contribution in [-0.4, -0.2) is 105 Å². The van der Waals surface area contributed by atoms with Gasteiger partial charge in [0.05, 0.1) is 41.9 Å². The molecule has 67 heavy (non-hydrogen) atoms. The molecule has 3 aromatic carbocycles. The lowest BCUT2D eigenvalue weighted by molar-refractivity contribution is -0.345. The lowest BCUT2D eigenvalue weighted by Gasteiger charge is -2.67. The van der Waals surface area contributed by atoms with Gasteiger partial charge < -0.3 is 49.1 Å². The average molecular weight is 922 g/mol. The van der Waals surface area contributed by atoms with E-state index in [1.165, 1.54) is 32.2 Å². The molecule has 3 aromatic rings. The number of Topliss-reactive ketones (excluding diaryl/α,β-unsaturated/α-hetero) is 1. The number of rotatable bonds is 13. The molecular formula is C51H55NO15. The van der Waals surface area contributed by atoms with Gasteiger partial charge >= 0.3 is 23.9 Å². The molecule has 11 atom stereocenters. The highest BCUT2D eigenvalue weighted by Crippen LogP contribution is 2.64. The van der Waals surface area contributed by atoms with Crippen LogP contribution in [0.15, 0.2) is 121 Å². The van der Waals surface area contributed by atoms with Crippen molar-refractivity contribution in [1.82, 2.24) is 5.32 Å². The number of nitrogens with one attached hydrogen (secondary N) is 1. The number of amides is 1. The molecule has 16 heteroatoms. The van der Waals surface area contributed by atoms with Crippen molar-refractivity contribution in [3.63, 3.8) is 0 Å². The predicted molar refractivity (Wildman–Crippen MR) is 238 cm³/mol. The molecule has 1 amide bonds. The fourth-order valence-electron chi connectivity index (χ4n) is 10.5. The molecule has 4 N–H and O–H groups in total. The number of benzene rings is 3. The lowest BCUT2D eigenvalue weighted by atomic mass is 9.44. The summed E-state index contributed by atoms with van der Waals surface area (Å²) in [5.41, 5.74) is -7.59. The third-order valence-electron chi connectivity index (χ3n) is 14.0. The second-order valence-corrected chi connectivity index (χ2v) is 18.1. The number of para-hydroxylation sites is 1. The summed E-state index contributed by atoms with van der Waals surface area (Å²) in [6.45, 7) is 11.9. The second kappa shape index (κ2) is 18.7. The Balaban J connectivity index is 1.40. The van der Waals surface area contributed by atoms with Crippen LogP contribution in [0.2, 0.25) is 0 Å². The Kier molecular flexibility index (Phi) is 13.5. The highest BCUT2D eigenvalue weighted by molar-refractivity contribution is 5.96. The van der Waals surface area contributed by atoms with Crippen molar-refractivity contribution in [1.29, 1.82) is 0 Å². The standard InChI is InChI=1S/C51H55NO15/c1-8-24-62-33-23-17-16-22-32(33)39(52-45(58)30-18-12-10-13-19-30)40(56)47(60)65-34-26-51(61)44(66-46(59)31-20-14-11-15-21-31)42-49(7,35(54)25-36-50(42,27-63-36)67-37(55)9-2)43(57)41(64-29(4)53)38(28(34)3)48(51,5)6/h8-24,34-36,39-42,44,54,56,61H,2,25-27H2,1,3-7H3,(H,52,58)/b24-8-/t34-,35-,36+,39-,40+,41+,42?,44-,49+,50-,51+/m0/s1. The Morgan fingerprint density at radius 2 is 1.54 bits per heavy atom. The number of ether oxygens (including phenoxy) is 6. The van der Waals surface area contributed by atoms with E-state index in [1.54, 1.807) is 99.6 Å². The minimum absolute atomic E-state index is 0.0375. The number of fused-ring (bicyclic) bond motifs is 5. The molecule has 0 spiro atoms. The summed E-state index contributed by atoms with van der Waals surface area (Å²) in [5, 5.41) is 40.8. The van der Waals surface area contributed by atoms with Crippen LogP contribution in [0.4, 0.5) is 0 Å². The van der Waals surface area contributed by atoms with E-state index in [4.69, 9.17) is 28.4 Å². The van der Waals surface area contributed by atoms with Crippen molar-refractivity contribution in [3.8, 4) is 5.75 Å². The van der Waals surface area contributed by atoms with Gasteiger partial charge in [0, 0.05) is 42.4 Å². The molecule has 7 rings (SSSR count). The van der Waals surface area contributed by atoms with Gasteiger partial charge in [-0.05, 0) is 62.2 Å². The van der Waals surface area contributed by atoms with Gasteiger partial charge in [-0.25, -0.2) is 14.4 Å². The zero-order valence-corrected chi connectivity index (χ0v) is 38.0. The normalized spacial score (nSPS) is 30.4. The smallest absolute Gasteiger partial charge is 0.338 e. The molecule has 16 nitrogen and oxygen atoms in total. The van der Waals surface area contributed by atoms with E-state index in [0.29, 0.717) is 0 Å². The Bertz CT molecular complexity index is 2500. The van der Waals surface area contributed by atoms with Gasteiger partial charge in [-0.3, -0.25) is 14.4 Å². The first-order valence-corrected chi connectivity index (χ1v) is 21.9. The lowest BCUT2D eigenvalue weighted by Crippen LogP contribution is -2.82. The maximum Gasteiger partial charge on any atom is 0.338 e. The van der Waals surface area contributed by atoms with Gasteiger partial charge in [-0.15, -0.1) is 0 Å². The van der Waals surface area contributed by atoms with Crippen LogP contribution in [0.3, 0.4) is 0 Å². The quantitative estimate of drug-likeness (QED) is 0.0593. The predicted octanol–water partition coefficient (Wildman–Crippen LogP) is 4.81. The molecule has 354 valence electrons. The van der Waals surface area contributed by atoms with Crippen molar-refractivity contribution >= 4 is 35.6 Å². The van der Waals surface area contributed by atoms with Gasteiger partial charge in [-0.1, -0.05) is 81.1 Å². The highest BCUT2D eigenvalue weighted by atomic mass is 16.6. The van der Waals surface area contributed by atoms with Gasteiger partial charge in [0.1, 0.15) is 29.7 Å². The maximum atomic E-state index is 15.6. The van der Waals surface area contributed by atoms with E-state index in [9.17, 15) is 39.3 Å². The van der Waals surface area contributed by atoms with E-state index in [0.717, 1.165) is 13.0 Å². The first-order chi connectivity index (χ1) is 31.8. The largest absolute Gasteiger partial charge is 0.465 e. The Morgan fingerprint density at radius 1 is 0.910 bits per heavy atom. The topological polar surface area (TPSA) is 231 Å². The van der Waals surface area contributed by atoms with E-state index in [1.807, 2.05) is 0 Å². The van der Waals surface area contributed by atoms with Gasteiger partial charge in [0.15, 0.2) is 23.6 Å². The Hall–Kier alpha value is -6.46. The van der Waals surface area contributed by atoms with Gasteiger partial charge in [-0.2, -0.15) is 0 Å². The fraction of sp³-hybridized carbons (Fsp3) is 0.412. The van der Waals surface area contributed by atoms with Crippen molar-refractivity contribution in [2.45, 2.75) is 108 Å². The molecule has 4 aliphatic rings. The van der Waals surface area contributed by atoms with Crippen LogP contribution in [0.5, 0.6) is 5.75 Å². The van der Waals surface area contributed by atoms with Crippen LogP contribution in [0.1, 0.15) is 86.7 Å². The number of aliphatic hydroxyl groups is 3. The Labute approximate surface area is 387 Å². The summed E-state index contributed by atoms with van der Waals surface area (Å²) in [6, 6.07) is 20.8. The van der Waals surface area contributed by atoms with E-state index in [-0.39, 0.29) is 46.6 Å². The monoisotopic (exact) mass is 921 g/mol.